The van der Waals surface area contributed by atoms with E-state index in [1.165, 1.54) is 12.1 Å². The average Bonchev–Trinajstić information content (AvgIpc) is 2.46. The number of rotatable bonds is 5. The van der Waals surface area contributed by atoms with Crippen LogP contribution in [0.1, 0.15) is 16.7 Å². The quantitative estimate of drug-likeness (QED) is 0.584. The molecule has 0 bridgehead atoms. The van der Waals surface area contributed by atoms with Gasteiger partial charge < -0.3 is 4.84 Å². The van der Waals surface area contributed by atoms with Crippen LogP contribution in [0, 0.1) is 5.82 Å². The van der Waals surface area contributed by atoms with E-state index in [4.69, 9.17) is 4.84 Å². The molecule has 0 aromatic heterocycles. The molecule has 0 aliphatic heterocycles. The van der Waals surface area contributed by atoms with Crippen molar-refractivity contribution in [3.8, 4) is 0 Å². The lowest BCUT2D eigenvalue weighted by atomic mass is 10.1. The second kappa shape index (κ2) is 6.50. The van der Waals surface area contributed by atoms with Crippen LogP contribution in [0.25, 0.3) is 6.08 Å². The Balaban J connectivity index is 1.85. The van der Waals surface area contributed by atoms with Gasteiger partial charge in [-0.2, -0.15) is 0 Å². The van der Waals surface area contributed by atoms with Crippen LogP contribution in [0.15, 0.2) is 60.3 Å². The summed E-state index contributed by atoms with van der Waals surface area (Å²) >= 11 is 0. The monoisotopic (exact) mass is 255 g/mol. The van der Waals surface area contributed by atoms with Crippen LogP contribution < -0.4 is 0 Å². The van der Waals surface area contributed by atoms with E-state index in [9.17, 15) is 4.39 Å². The van der Waals surface area contributed by atoms with E-state index in [0.29, 0.717) is 6.61 Å². The zero-order valence-corrected chi connectivity index (χ0v) is 10.4. The van der Waals surface area contributed by atoms with Gasteiger partial charge in [0.2, 0.25) is 0 Å². The fourth-order valence-electron chi connectivity index (χ4n) is 1.51. The third-order valence-electron chi connectivity index (χ3n) is 2.59. The van der Waals surface area contributed by atoms with Crippen molar-refractivity contribution in [2.45, 2.75) is 6.61 Å². The SMILES string of the molecule is C=Cc1ccc(CON=Cc2ccc(F)cc2)cc1. The van der Waals surface area contributed by atoms with Gasteiger partial charge in [-0.3, -0.25) is 0 Å². The Morgan fingerprint density at radius 2 is 1.63 bits per heavy atom. The number of hydrogen-bond donors (Lipinski definition) is 0. The number of nitrogens with zero attached hydrogens (tertiary/aromatic N) is 1. The molecule has 2 rings (SSSR count). The molecule has 0 atom stereocenters. The number of hydrogen-bond acceptors (Lipinski definition) is 2. The molecule has 0 heterocycles. The molecule has 0 spiro atoms. The van der Waals surface area contributed by atoms with Gasteiger partial charge in [0.25, 0.3) is 0 Å². The Kier molecular flexibility index (Phi) is 4.45. The summed E-state index contributed by atoms with van der Waals surface area (Å²) in [5.41, 5.74) is 2.89. The van der Waals surface area contributed by atoms with Crippen molar-refractivity contribution in [3.63, 3.8) is 0 Å². The first-order valence-corrected chi connectivity index (χ1v) is 5.90. The van der Waals surface area contributed by atoms with E-state index < -0.39 is 0 Å². The van der Waals surface area contributed by atoms with Gasteiger partial charge in [-0.1, -0.05) is 54.2 Å². The normalized spacial score (nSPS) is 10.6. The fraction of sp³-hybridized carbons (Fsp3) is 0.0625. The topological polar surface area (TPSA) is 21.6 Å². The summed E-state index contributed by atoms with van der Waals surface area (Å²) < 4.78 is 12.7. The maximum absolute atomic E-state index is 12.7. The van der Waals surface area contributed by atoms with Crippen molar-refractivity contribution < 1.29 is 9.23 Å². The van der Waals surface area contributed by atoms with Crippen molar-refractivity contribution in [2.75, 3.05) is 0 Å². The summed E-state index contributed by atoms with van der Waals surface area (Å²) in [5.74, 6) is -0.264. The fourth-order valence-corrected chi connectivity index (χ4v) is 1.51. The van der Waals surface area contributed by atoms with E-state index >= 15 is 0 Å². The van der Waals surface area contributed by atoms with Crippen LogP contribution >= 0.6 is 0 Å². The number of halogens is 1. The number of benzene rings is 2. The number of oxime groups is 1. The molecule has 96 valence electrons. The molecule has 0 aliphatic carbocycles. The minimum Gasteiger partial charge on any atom is -0.391 e. The first kappa shape index (κ1) is 13.0. The molecule has 0 amide bonds. The molecule has 2 nitrogen and oxygen atoms in total. The lowest BCUT2D eigenvalue weighted by molar-refractivity contribution is 0.132. The van der Waals surface area contributed by atoms with E-state index in [1.807, 2.05) is 24.3 Å². The summed E-state index contributed by atoms with van der Waals surface area (Å²) in [6, 6.07) is 13.9. The van der Waals surface area contributed by atoms with Gasteiger partial charge in [-0.25, -0.2) is 4.39 Å². The molecular weight excluding hydrogens is 241 g/mol. The smallest absolute Gasteiger partial charge is 0.142 e. The summed E-state index contributed by atoms with van der Waals surface area (Å²) in [7, 11) is 0. The highest BCUT2D eigenvalue weighted by atomic mass is 19.1. The molecule has 0 radical (unpaired) electrons. The highest BCUT2D eigenvalue weighted by Gasteiger charge is 1.93. The molecular formula is C16H14FNO. The highest BCUT2D eigenvalue weighted by molar-refractivity contribution is 5.78. The summed E-state index contributed by atoms with van der Waals surface area (Å²) in [4.78, 5) is 5.18. The molecule has 0 unspecified atom stereocenters. The van der Waals surface area contributed by atoms with E-state index in [-0.39, 0.29) is 5.82 Å². The molecule has 0 fully saturated rings. The largest absolute Gasteiger partial charge is 0.391 e. The Hall–Kier alpha value is -2.42. The third kappa shape index (κ3) is 4.07. The average molecular weight is 255 g/mol. The summed E-state index contributed by atoms with van der Waals surface area (Å²) in [6.07, 6.45) is 3.34. The van der Waals surface area contributed by atoms with Gasteiger partial charge in [-0.05, 0) is 28.8 Å². The van der Waals surface area contributed by atoms with Gasteiger partial charge in [0, 0.05) is 0 Å². The molecule has 2 aromatic carbocycles. The molecule has 0 saturated heterocycles. The molecule has 0 saturated carbocycles. The Morgan fingerprint density at radius 3 is 2.26 bits per heavy atom. The third-order valence-corrected chi connectivity index (χ3v) is 2.59. The first-order chi connectivity index (χ1) is 9.28. The van der Waals surface area contributed by atoms with Crippen LogP contribution in [0.3, 0.4) is 0 Å². The van der Waals surface area contributed by atoms with Crippen LogP contribution in [0.5, 0.6) is 0 Å². The second-order valence-corrected chi connectivity index (χ2v) is 4.01. The van der Waals surface area contributed by atoms with Crippen LogP contribution in [0.4, 0.5) is 4.39 Å². The van der Waals surface area contributed by atoms with Crippen molar-refractivity contribution in [2.24, 2.45) is 5.16 Å². The van der Waals surface area contributed by atoms with Crippen molar-refractivity contribution in [3.05, 3.63) is 77.6 Å². The standard InChI is InChI=1S/C16H14FNO/c1-2-13-3-5-15(6-4-13)12-19-18-11-14-7-9-16(17)10-8-14/h2-11H,1,12H2. The Labute approximate surface area is 111 Å². The zero-order valence-electron chi connectivity index (χ0n) is 10.4. The van der Waals surface area contributed by atoms with Gasteiger partial charge in [0.1, 0.15) is 12.4 Å². The second-order valence-electron chi connectivity index (χ2n) is 4.01. The van der Waals surface area contributed by atoms with Crippen LogP contribution in [-0.2, 0) is 11.4 Å². The van der Waals surface area contributed by atoms with E-state index in [0.717, 1.165) is 16.7 Å². The van der Waals surface area contributed by atoms with Gasteiger partial charge in [0.15, 0.2) is 0 Å². The van der Waals surface area contributed by atoms with Gasteiger partial charge >= 0.3 is 0 Å². The van der Waals surface area contributed by atoms with Crippen molar-refractivity contribution >= 4 is 12.3 Å². The predicted octanol–water partition coefficient (Wildman–Crippen LogP) is 4.02. The Bertz CT molecular complexity index is 558. The molecule has 3 heteroatoms. The van der Waals surface area contributed by atoms with Crippen molar-refractivity contribution in [1.29, 1.82) is 0 Å². The summed E-state index contributed by atoms with van der Waals surface area (Å²) in [5, 5.41) is 3.84. The minimum atomic E-state index is -0.264. The maximum atomic E-state index is 12.7. The maximum Gasteiger partial charge on any atom is 0.142 e. The predicted molar refractivity (Wildman–Crippen MR) is 75.3 cm³/mol. The van der Waals surface area contributed by atoms with Gasteiger partial charge in [0.05, 0.1) is 6.21 Å². The van der Waals surface area contributed by atoms with E-state index in [2.05, 4.69) is 11.7 Å². The summed E-state index contributed by atoms with van der Waals surface area (Å²) in [6.45, 7) is 4.09. The molecule has 0 N–H and O–H groups in total. The highest BCUT2D eigenvalue weighted by Crippen LogP contribution is 2.07. The minimum absolute atomic E-state index is 0.264. The van der Waals surface area contributed by atoms with Crippen LogP contribution in [-0.4, -0.2) is 6.21 Å². The lowest BCUT2D eigenvalue weighted by Gasteiger charge is -2.00. The zero-order chi connectivity index (χ0) is 13.5. The first-order valence-electron chi connectivity index (χ1n) is 5.90. The van der Waals surface area contributed by atoms with Crippen LogP contribution in [0.2, 0.25) is 0 Å². The molecule has 19 heavy (non-hydrogen) atoms. The van der Waals surface area contributed by atoms with E-state index in [1.54, 1.807) is 24.4 Å². The van der Waals surface area contributed by atoms with Gasteiger partial charge in [-0.15, -0.1) is 0 Å². The lowest BCUT2D eigenvalue weighted by Crippen LogP contribution is -1.88. The van der Waals surface area contributed by atoms with Crippen molar-refractivity contribution in [1.82, 2.24) is 0 Å². The Morgan fingerprint density at radius 1 is 1.00 bits per heavy atom. The molecule has 2 aromatic rings. The molecule has 0 aliphatic rings.